The zero-order valence-electron chi connectivity index (χ0n) is 20.4. The van der Waals surface area contributed by atoms with Crippen molar-refractivity contribution in [3.8, 4) is 34.4 Å². The zero-order chi connectivity index (χ0) is 26.7. The standard InChI is InChI=1S/C26H25ClFN3O6/c1-14(2)36-24-19(27)10-15(13-30-24)37-22-12-20(28)18(25(32)31-9-5-7-21(31)26(33)34)11-17(22)16-6-4-8-29-23(16)35-3/h4,6,8,10-14,21H,5,7,9H2,1-3H3,(H,33,34). The number of hydrogen-bond donors (Lipinski definition) is 1. The number of aromatic nitrogens is 2. The van der Waals surface area contributed by atoms with Gasteiger partial charge in [-0.15, -0.1) is 0 Å². The van der Waals surface area contributed by atoms with Crippen molar-refractivity contribution >= 4 is 23.5 Å². The quantitative estimate of drug-likeness (QED) is 0.423. The number of pyridine rings is 2. The first-order valence-electron chi connectivity index (χ1n) is 11.6. The molecule has 194 valence electrons. The van der Waals surface area contributed by atoms with Crippen LogP contribution >= 0.6 is 11.6 Å². The molecule has 3 heterocycles. The molecule has 2 aromatic heterocycles. The molecule has 1 saturated heterocycles. The lowest BCUT2D eigenvalue weighted by Gasteiger charge is -2.23. The Labute approximate surface area is 217 Å². The van der Waals surface area contributed by atoms with E-state index < -0.39 is 23.7 Å². The summed E-state index contributed by atoms with van der Waals surface area (Å²) in [6.07, 6.45) is 3.58. The molecule has 1 unspecified atom stereocenters. The molecule has 9 nitrogen and oxygen atoms in total. The Morgan fingerprint density at radius 1 is 1.19 bits per heavy atom. The fourth-order valence-corrected chi connectivity index (χ4v) is 4.29. The smallest absolute Gasteiger partial charge is 0.326 e. The number of benzene rings is 1. The van der Waals surface area contributed by atoms with Crippen LogP contribution in [0, 0.1) is 5.82 Å². The highest BCUT2D eigenvalue weighted by atomic mass is 35.5. The summed E-state index contributed by atoms with van der Waals surface area (Å²) in [5, 5.41) is 9.69. The molecule has 4 rings (SSSR count). The molecule has 1 aromatic carbocycles. The average Bonchev–Trinajstić information content (AvgIpc) is 3.36. The second-order valence-electron chi connectivity index (χ2n) is 8.61. The van der Waals surface area contributed by atoms with E-state index in [0.717, 1.165) is 6.07 Å². The summed E-state index contributed by atoms with van der Waals surface area (Å²) >= 11 is 6.28. The predicted molar refractivity (Wildman–Crippen MR) is 133 cm³/mol. The Morgan fingerprint density at radius 2 is 1.97 bits per heavy atom. The maximum absolute atomic E-state index is 15.4. The van der Waals surface area contributed by atoms with E-state index in [-0.39, 0.29) is 46.5 Å². The highest BCUT2D eigenvalue weighted by Crippen LogP contribution is 2.40. The number of amides is 1. The van der Waals surface area contributed by atoms with Crippen LogP contribution in [0.15, 0.2) is 42.7 Å². The molecule has 0 saturated carbocycles. The van der Waals surface area contributed by atoms with Gasteiger partial charge in [0.05, 0.1) is 25.0 Å². The Morgan fingerprint density at radius 3 is 2.65 bits per heavy atom. The van der Waals surface area contributed by atoms with Crippen molar-refractivity contribution < 1.29 is 33.3 Å². The van der Waals surface area contributed by atoms with Gasteiger partial charge < -0.3 is 24.2 Å². The van der Waals surface area contributed by atoms with Gasteiger partial charge in [-0.3, -0.25) is 4.79 Å². The number of aliphatic carboxylic acids is 1. The van der Waals surface area contributed by atoms with Gasteiger partial charge in [0, 0.05) is 36.0 Å². The molecule has 1 aliphatic rings. The van der Waals surface area contributed by atoms with Crippen LogP contribution in [0.5, 0.6) is 23.3 Å². The van der Waals surface area contributed by atoms with Crippen molar-refractivity contribution in [2.75, 3.05) is 13.7 Å². The first-order chi connectivity index (χ1) is 17.7. The molecule has 3 aromatic rings. The van der Waals surface area contributed by atoms with E-state index in [4.69, 9.17) is 25.8 Å². The maximum Gasteiger partial charge on any atom is 0.326 e. The monoisotopic (exact) mass is 529 g/mol. The number of carboxylic acid groups (broad SMARTS) is 1. The number of methoxy groups -OCH3 is 1. The van der Waals surface area contributed by atoms with Gasteiger partial charge in [-0.1, -0.05) is 11.6 Å². The number of rotatable bonds is 8. The third-order valence-corrected chi connectivity index (χ3v) is 5.98. The third-order valence-electron chi connectivity index (χ3n) is 5.71. The molecule has 1 N–H and O–H groups in total. The van der Waals surface area contributed by atoms with Crippen LogP contribution in [0.3, 0.4) is 0 Å². The lowest BCUT2D eigenvalue weighted by molar-refractivity contribution is -0.141. The number of carbonyl (C=O) groups excluding carboxylic acids is 1. The Bertz CT molecular complexity index is 1340. The van der Waals surface area contributed by atoms with Gasteiger partial charge in [-0.25, -0.2) is 19.2 Å². The number of ether oxygens (including phenoxy) is 3. The number of carboxylic acids is 1. The fraction of sp³-hybridized carbons (Fsp3) is 0.308. The normalized spacial score (nSPS) is 15.1. The highest BCUT2D eigenvalue weighted by molar-refractivity contribution is 6.31. The minimum atomic E-state index is -1.13. The summed E-state index contributed by atoms with van der Waals surface area (Å²) in [5.41, 5.74) is 0.446. The topological polar surface area (TPSA) is 111 Å². The molecule has 1 amide bonds. The molecule has 0 bridgehead atoms. The van der Waals surface area contributed by atoms with Crippen molar-refractivity contribution in [2.24, 2.45) is 0 Å². The zero-order valence-corrected chi connectivity index (χ0v) is 21.2. The second-order valence-corrected chi connectivity index (χ2v) is 9.02. The minimum absolute atomic E-state index is 0.0481. The van der Waals surface area contributed by atoms with Crippen LogP contribution in [0.1, 0.15) is 37.0 Å². The predicted octanol–water partition coefficient (Wildman–Crippen LogP) is 5.21. The van der Waals surface area contributed by atoms with E-state index in [1.807, 2.05) is 13.8 Å². The molecule has 0 aliphatic carbocycles. The second kappa shape index (κ2) is 11.0. The van der Waals surface area contributed by atoms with Gasteiger partial charge in [-0.05, 0) is 44.9 Å². The van der Waals surface area contributed by atoms with Crippen LogP contribution in [-0.2, 0) is 4.79 Å². The molecule has 0 radical (unpaired) electrons. The molecule has 37 heavy (non-hydrogen) atoms. The van der Waals surface area contributed by atoms with E-state index in [1.54, 1.807) is 12.1 Å². The van der Waals surface area contributed by atoms with E-state index in [9.17, 15) is 14.7 Å². The number of carbonyl (C=O) groups is 2. The summed E-state index contributed by atoms with van der Waals surface area (Å²) in [7, 11) is 1.43. The SMILES string of the molecule is COc1ncccc1-c1cc(C(=O)N2CCCC2C(=O)O)c(F)cc1Oc1cnc(OC(C)C)c(Cl)c1. The van der Waals surface area contributed by atoms with Gasteiger partial charge in [0.2, 0.25) is 11.8 Å². The van der Waals surface area contributed by atoms with E-state index in [0.29, 0.717) is 24.0 Å². The summed E-state index contributed by atoms with van der Waals surface area (Å²) in [6, 6.07) is 6.18. The molecule has 1 aliphatic heterocycles. The van der Waals surface area contributed by atoms with E-state index in [1.165, 1.54) is 36.5 Å². The molecule has 0 spiro atoms. The molecular formula is C26H25ClFN3O6. The molecular weight excluding hydrogens is 505 g/mol. The Hall–Kier alpha value is -3.92. The van der Waals surface area contributed by atoms with E-state index >= 15 is 4.39 Å². The molecule has 11 heteroatoms. The Kier molecular flexibility index (Phi) is 7.77. The van der Waals surface area contributed by atoms with Gasteiger partial charge in [-0.2, -0.15) is 0 Å². The largest absolute Gasteiger partial charge is 0.481 e. The summed E-state index contributed by atoms with van der Waals surface area (Å²) in [6.45, 7) is 3.89. The lowest BCUT2D eigenvalue weighted by Crippen LogP contribution is -2.40. The number of halogens is 2. The van der Waals surface area contributed by atoms with Crippen molar-refractivity contribution in [1.29, 1.82) is 0 Å². The van der Waals surface area contributed by atoms with Gasteiger partial charge >= 0.3 is 5.97 Å². The summed E-state index contributed by atoms with van der Waals surface area (Å²) in [5.74, 6) is -2.03. The van der Waals surface area contributed by atoms with Crippen molar-refractivity contribution in [3.05, 3.63) is 59.1 Å². The number of likely N-dealkylation sites (tertiary alicyclic amines) is 1. The maximum atomic E-state index is 15.4. The van der Waals surface area contributed by atoms with Crippen LogP contribution in [0.25, 0.3) is 11.1 Å². The molecule has 1 fully saturated rings. The van der Waals surface area contributed by atoms with E-state index in [2.05, 4.69) is 9.97 Å². The van der Waals surface area contributed by atoms with Crippen molar-refractivity contribution in [3.63, 3.8) is 0 Å². The minimum Gasteiger partial charge on any atom is -0.481 e. The number of hydrogen-bond acceptors (Lipinski definition) is 7. The lowest BCUT2D eigenvalue weighted by atomic mass is 10.0. The fourth-order valence-electron chi connectivity index (χ4n) is 4.09. The van der Waals surface area contributed by atoms with Crippen LogP contribution in [0.4, 0.5) is 4.39 Å². The van der Waals surface area contributed by atoms with Gasteiger partial charge in [0.1, 0.15) is 28.4 Å². The Balaban J connectivity index is 1.79. The van der Waals surface area contributed by atoms with Gasteiger partial charge in [0.15, 0.2) is 0 Å². The summed E-state index contributed by atoms with van der Waals surface area (Å²) < 4.78 is 32.2. The van der Waals surface area contributed by atoms with Crippen molar-refractivity contribution in [1.82, 2.24) is 14.9 Å². The first kappa shape index (κ1) is 26.2. The average molecular weight is 530 g/mol. The summed E-state index contributed by atoms with van der Waals surface area (Å²) in [4.78, 5) is 34.4. The van der Waals surface area contributed by atoms with Crippen molar-refractivity contribution in [2.45, 2.75) is 38.8 Å². The van der Waals surface area contributed by atoms with Crippen LogP contribution in [0.2, 0.25) is 5.02 Å². The molecule has 1 atom stereocenters. The van der Waals surface area contributed by atoms with Gasteiger partial charge in [0.25, 0.3) is 5.91 Å². The third kappa shape index (κ3) is 5.59. The number of nitrogens with zero attached hydrogens (tertiary/aromatic N) is 3. The van der Waals surface area contributed by atoms with Crippen LogP contribution < -0.4 is 14.2 Å². The highest BCUT2D eigenvalue weighted by Gasteiger charge is 2.36. The first-order valence-corrected chi connectivity index (χ1v) is 11.9. The van der Waals surface area contributed by atoms with Crippen LogP contribution in [-0.4, -0.2) is 57.7 Å².